The largest absolute Gasteiger partial charge is 0.345 e. The molecule has 2 aromatic rings. The van der Waals surface area contributed by atoms with Crippen molar-refractivity contribution in [2.75, 3.05) is 26.2 Å². The van der Waals surface area contributed by atoms with Gasteiger partial charge >= 0.3 is 0 Å². The Hall–Kier alpha value is -1.93. The molecule has 8 heteroatoms. The monoisotopic (exact) mass is 294 g/mol. The third kappa shape index (κ3) is 2.16. The molecule has 1 aliphatic heterocycles. The first kappa shape index (κ1) is 13.1. The lowest BCUT2D eigenvalue weighted by Gasteiger charge is -2.31. The molecule has 0 aliphatic carbocycles. The summed E-state index contributed by atoms with van der Waals surface area (Å²) in [5.41, 5.74) is 1.42. The Morgan fingerprint density at radius 3 is 2.65 bits per heavy atom. The molecule has 2 heterocycles. The molecule has 0 spiro atoms. The first-order valence-electron chi connectivity index (χ1n) is 6.24. The molecule has 1 amide bonds. The van der Waals surface area contributed by atoms with Gasteiger partial charge in [-0.15, -0.1) is 0 Å². The molecule has 0 radical (unpaired) electrons. The number of benzene rings is 1. The van der Waals surface area contributed by atoms with Crippen molar-refractivity contribution in [3.05, 3.63) is 24.5 Å². The molecule has 0 saturated carbocycles. The lowest BCUT2D eigenvalue weighted by Crippen LogP contribution is -2.47. The van der Waals surface area contributed by atoms with E-state index in [0.717, 1.165) is 11.9 Å². The fourth-order valence-corrected chi connectivity index (χ4v) is 3.72. The minimum Gasteiger partial charge on any atom is -0.345 e. The molecular weight excluding hydrogens is 280 g/mol. The van der Waals surface area contributed by atoms with E-state index in [9.17, 15) is 13.2 Å². The van der Waals surface area contributed by atoms with Gasteiger partial charge in [0.25, 0.3) is 0 Å². The first-order valence-corrected chi connectivity index (χ1v) is 7.68. The molecule has 1 aliphatic rings. The second-order valence-corrected chi connectivity index (χ2v) is 6.56. The highest BCUT2D eigenvalue weighted by molar-refractivity contribution is 7.89. The summed E-state index contributed by atoms with van der Waals surface area (Å²) < 4.78 is 26.5. The number of nitrogens with one attached hydrogen (secondary N) is 1. The summed E-state index contributed by atoms with van der Waals surface area (Å²) in [6, 6.07) is 4.83. The minimum absolute atomic E-state index is 0.244. The van der Waals surface area contributed by atoms with Gasteiger partial charge in [0.15, 0.2) is 0 Å². The molecule has 3 rings (SSSR count). The maximum absolute atomic E-state index is 12.5. The van der Waals surface area contributed by atoms with Gasteiger partial charge in [0, 0.05) is 26.2 Å². The van der Waals surface area contributed by atoms with E-state index in [-0.39, 0.29) is 4.90 Å². The van der Waals surface area contributed by atoms with E-state index < -0.39 is 10.0 Å². The molecule has 1 saturated heterocycles. The number of H-pyrrole nitrogens is 1. The maximum Gasteiger partial charge on any atom is 0.243 e. The van der Waals surface area contributed by atoms with Crippen LogP contribution in [0.2, 0.25) is 0 Å². The SMILES string of the molecule is O=CN1CCN(S(=O)(=O)c2ccc3nc[nH]c3c2)CC1. The Labute approximate surface area is 116 Å². The zero-order valence-corrected chi connectivity index (χ0v) is 11.5. The molecule has 20 heavy (non-hydrogen) atoms. The Morgan fingerprint density at radius 1 is 1.20 bits per heavy atom. The van der Waals surface area contributed by atoms with Crippen LogP contribution in [0.25, 0.3) is 11.0 Å². The molecule has 7 nitrogen and oxygen atoms in total. The number of rotatable bonds is 3. The molecule has 1 N–H and O–H groups in total. The van der Waals surface area contributed by atoms with Crippen molar-refractivity contribution in [2.24, 2.45) is 0 Å². The Kier molecular flexibility index (Phi) is 3.19. The van der Waals surface area contributed by atoms with E-state index in [1.165, 1.54) is 10.6 Å². The van der Waals surface area contributed by atoms with Gasteiger partial charge < -0.3 is 9.88 Å². The highest BCUT2D eigenvalue weighted by Gasteiger charge is 2.28. The van der Waals surface area contributed by atoms with Crippen LogP contribution in [0.1, 0.15) is 0 Å². The zero-order chi connectivity index (χ0) is 14.2. The van der Waals surface area contributed by atoms with Crippen molar-refractivity contribution < 1.29 is 13.2 Å². The quantitative estimate of drug-likeness (QED) is 0.809. The van der Waals surface area contributed by atoms with Crippen molar-refractivity contribution in [1.82, 2.24) is 19.2 Å². The number of amides is 1. The molecule has 1 fully saturated rings. The number of piperazine rings is 1. The Morgan fingerprint density at radius 2 is 1.95 bits per heavy atom. The normalized spacial score (nSPS) is 17.5. The van der Waals surface area contributed by atoms with Crippen LogP contribution in [0.5, 0.6) is 0 Å². The van der Waals surface area contributed by atoms with Crippen LogP contribution in [0.15, 0.2) is 29.4 Å². The van der Waals surface area contributed by atoms with E-state index in [1.54, 1.807) is 23.1 Å². The van der Waals surface area contributed by atoms with Crippen LogP contribution in [-0.2, 0) is 14.8 Å². The number of hydrogen-bond donors (Lipinski definition) is 1. The zero-order valence-electron chi connectivity index (χ0n) is 10.7. The maximum atomic E-state index is 12.5. The fraction of sp³-hybridized carbons (Fsp3) is 0.333. The van der Waals surface area contributed by atoms with E-state index in [2.05, 4.69) is 9.97 Å². The van der Waals surface area contributed by atoms with Crippen molar-refractivity contribution in [3.63, 3.8) is 0 Å². The topological polar surface area (TPSA) is 86.4 Å². The van der Waals surface area contributed by atoms with E-state index in [0.29, 0.717) is 31.7 Å². The number of carbonyl (C=O) groups is 1. The molecule has 0 unspecified atom stereocenters. The summed E-state index contributed by atoms with van der Waals surface area (Å²) in [6.07, 6.45) is 2.28. The lowest BCUT2D eigenvalue weighted by molar-refractivity contribution is -0.119. The van der Waals surface area contributed by atoms with Gasteiger partial charge in [-0.1, -0.05) is 0 Å². The van der Waals surface area contributed by atoms with Gasteiger partial charge in [0.2, 0.25) is 16.4 Å². The highest BCUT2D eigenvalue weighted by Crippen LogP contribution is 2.20. The summed E-state index contributed by atoms with van der Waals surface area (Å²) in [5.74, 6) is 0. The van der Waals surface area contributed by atoms with Gasteiger partial charge in [-0.3, -0.25) is 4.79 Å². The summed E-state index contributed by atoms with van der Waals surface area (Å²) in [4.78, 5) is 19.4. The van der Waals surface area contributed by atoms with Crippen LogP contribution >= 0.6 is 0 Å². The molecule has 0 bridgehead atoms. The van der Waals surface area contributed by atoms with Gasteiger partial charge in [-0.05, 0) is 18.2 Å². The van der Waals surface area contributed by atoms with E-state index >= 15 is 0 Å². The number of hydrogen-bond acceptors (Lipinski definition) is 4. The Balaban J connectivity index is 1.89. The molecule has 106 valence electrons. The number of carbonyl (C=O) groups excluding carboxylic acids is 1. The van der Waals surface area contributed by atoms with Crippen LogP contribution in [-0.4, -0.2) is 60.2 Å². The number of aromatic amines is 1. The molecular formula is C12H14N4O3S. The number of sulfonamides is 1. The lowest BCUT2D eigenvalue weighted by atomic mass is 10.3. The predicted molar refractivity (Wildman–Crippen MR) is 72.5 cm³/mol. The van der Waals surface area contributed by atoms with Gasteiger partial charge in [0.05, 0.1) is 22.3 Å². The smallest absolute Gasteiger partial charge is 0.243 e. The number of aromatic nitrogens is 2. The number of nitrogens with zero attached hydrogens (tertiary/aromatic N) is 3. The summed E-state index contributed by atoms with van der Waals surface area (Å²) in [7, 11) is -3.52. The van der Waals surface area contributed by atoms with Crippen molar-refractivity contribution in [1.29, 1.82) is 0 Å². The third-order valence-corrected chi connectivity index (χ3v) is 5.35. The summed E-state index contributed by atoms with van der Waals surface area (Å²) in [5, 5.41) is 0. The Bertz CT molecular complexity index is 732. The summed E-state index contributed by atoms with van der Waals surface area (Å²) in [6.45, 7) is 1.49. The third-order valence-electron chi connectivity index (χ3n) is 3.45. The van der Waals surface area contributed by atoms with Crippen molar-refractivity contribution in [2.45, 2.75) is 4.90 Å². The van der Waals surface area contributed by atoms with Crippen LogP contribution in [0, 0.1) is 0 Å². The highest BCUT2D eigenvalue weighted by atomic mass is 32.2. The second-order valence-electron chi connectivity index (χ2n) is 4.63. The second kappa shape index (κ2) is 4.88. The van der Waals surface area contributed by atoms with Crippen LogP contribution in [0.4, 0.5) is 0 Å². The van der Waals surface area contributed by atoms with E-state index in [1.807, 2.05) is 0 Å². The van der Waals surface area contributed by atoms with Crippen molar-refractivity contribution in [3.8, 4) is 0 Å². The van der Waals surface area contributed by atoms with Crippen LogP contribution in [0.3, 0.4) is 0 Å². The molecule has 1 aromatic carbocycles. The molecule has 0 atom stereocenters. The van der Waals surface area contributed by atoms with Crippen molar-refractivity contribution >= 4 is 27.5 Å². The first-order chi connectivity index (χ1) is 9.61. The van der Waals surface area contributed by atoms with Gasteiger partial charge in [-0.2, -0.15) is 4.31 Å². The minimum atomic E-state index is -3.52. The molecule has 1 aromatic heterocycles. The number of imidazole rings is 1. The van der Waals surface area contributed by atoms with E-state index in [4.69, 9.17) is 0 Å². The fourth-order valence-electron chi connectivity index (χ4n) is 2.27. The van der Waals surface area contributed by atoms with Gasteiger partial charge in [0.1, 0.15) is 0 Å². The average Bonchev–Trinajstić information content (AvgIpc) is 2.94. The van der Waals surface area contributed by atoms with Crippen LogP contribution < -0.4 is 0 Å². The summed E-state index contributed by atoms with van der Waals surface area (Å²) >= 11 is 0. The predicted octanol–water partition coefficient (Wildman–Crippen LogP) is 0.0256. The van der Waals surface area contributed by atoms with Gasteiger partial charge in [-0.25, -0.2) is 13.4 Å². The standard InChI is InChI=1S/C12H14N4O3S/c17-9-15-3-5-16(6-4-15)20(18,19)10-1-2-11-12(7-10)14-8-13-11/h1-2,7-9H,3-6H2,(H,13,14). The average molecular weight is 294 g/mol. The number of fused-ring (bicyclic) bond motifs is 1.